The zero-order valence-corrected chi connectivity index (χ0v) is 13.8. The molecule has 0 fully saturated rings. The van der Waals surface area contributed by atoms with Crippen LogP contribution in [0.25, 0.3) is 0 Å². The third-order valence-electron chi connectivity index (χ3n) is 4.15. The number of carbonyl (C=O) groups excluding carboxylic acids is 1. The number of benzene rings is 2. The largest absolute Gasteiger partial charge is 0.495 e. The molecule has 2 N–H and O–H groups in total. The van der Waals surface area contributed by atoms with Gasteiger partial charge in [0, 0.05) is 17.0 Å². The molecule has 3 rings (SSSR count). The van der Waals surface area contributed by atoms with Crippen molar-refractivity contribution in [3.05, 3.63) is 58.6 Å². The van der Waals surface area contributed by atoms with E-state index in [0.29, 0.717) is 23.0 Å². The van der Waals surface area contributed by atoms with Crippen LogP contribution in [0.1, 0.15) is 11.1 Å². The summed E-state index contributed by atoms with van der Waals surface area (Å²) >= 11 is 5.99. The van der Waals surface area contributed by atoms with Crippen molar-refractivity contribution in [2.45, 2.75) is 13.0 Å². The van der Waals surface area contributed by atoms with Gasteiger partial charge in [0.25, 0.3) is 5.91 Å². The molecular weight excluding hydrogens is 312 g/mol. The number of anilines is 1. The first-order chi connectivity index (χ1) is 11.2. The number of carbonyl (C=O) groups is 1. The second-order valence-electron chi connectivity index (χ2n) is 5.77. The molecule has 1 atom stereocenters. The Kier molecular flexibility index (Phi) is 4.84. The average Bonchev–Trinajstić information content (AvgIpc) is 2.55. The Bertz CT molecular complexity index is 718. The maximum atomic E-state index is 12.3. The predicted octanol–water partition coefficient (Wildman–Crippen LogP) is 1.93. The highest BCUT2D eigenvalue weighted by Crippen LogP contribution is 2.27. The quantitative estimate of drug-likeness (QED) is 0.899. The average molecular weight is 332 g/mol. The zero-order chi connectivity index (χ0) is 16.2. The molecule has 2 aromatic rings. The maximum Gasteiger partial charge on any atom is 0.279 e. The Balaban J connectivity index is 1.63. The molecule has 5 heteroatoms. The van der Waals surface area contributed by atoms with Crippen LogP contribution in [0.4, 0.5) is 5.69 Å². The molecule has 23 heavy (non-hydrogen) atoms. The molecule has 120 valence electrons. The van der Waals surface area contributed by atoms with Gasteiger partial charge in [0.15, 0.2) is 6.54 Å². The minimum absolute atomic E-state index is 0.0278. The smallest absolute Gasteiger partial charge is 0.279 e. The second kappa shape index (κ2) is 7.02. The lowest BCUT2D eigenvalue weighted by Gasteiger charge is -2.25. The molecule has 0 spiro atoms. The SMILES string of the molecule is COc1ccc(Cl)cc1NC(=O)C[NH+]1CCc2ccccc2C1. The molecule has 0 saturated carbocycles. The van der Waals surface area contributed by atoms with Crippen LogP contribution in [0.3, 0.4) is 0 Å². The monoisotopic (exact) mass is 331 g/mol. The number of rotatable bonds is 4. The summed E-state index contributed by atoms with van der Waals surface area (Å²) in [6.45, 7) is 2.29. The molecule has 0 aromatic heterocycles. The van der Waals surface area contributed by atoms with Crippen molar-refractivity contribution in [3.8, 4) is 5.75 Å². The number of nitrogens with one attached hydrogen (secondary N) is 2. The van der Waals surface area contributed by atoms with Crippen molar-refractivity contribution in [2.24, 2.45) is 0 Å². The van der Waals surface area contributed by atoms with Gasteiger partial charge in [0.1, 0.15) is 12.3 Å². The van der Waals surface area contributed by atoms with E-state index in [1.807, 2.05) is 0 Å². The molecule has 4 nitrogen and oxygen atoms in total. The van der Waals surface area contributed by atoms with Gasteiger partial charge in [-0.2, -0.15) is 0 Å². The summed E-state index contributed by atoms with van der Waals surface area (Å²) in [5, 5.41) is 3.47. The molecule has 1 amide bonds. The highest BCUT2D eigenvalue weighted by atomic mass is 35.5. The molecule has 2 aromatic carbocycles. The second-order valence-corrected chi connectivity index (χ2v) is 6.20. The van der Waals surface area contributed by atoms with E-state index in [0.717, 1.165) is 19.5 Å². The number of hydrogen-bond donors (Lipinski definition) is 2. The molecule has 1 heterocycles. The maximum absolute atomic E-state index is 12.3. The predicted molar refractivity (Wildman–Crippen MR) is 91.2 cm³/mol. The van der Waals surface area contributed by atoms with Crippen molar-refractivity contribution >= 4 is 23.2 Å². The Hall–Kier alpha value is -2.04. The molecular formula is C18H20ClN2O2+. The first-order valence-corrected chi connectivity index (χ1v) is 8.07. The van der Waals surface area contributed by atoms with Crippen LogP contribution in [0.15, 0.2) is 42.5 Å². The Morgan fingerprint density at radius 2 is 2.04 bits per heavy atom. The van der Waals surface area contributed by atoms with Crippen molar-refractivity contribution in [1.82, 2.24) is 0 Å². The molecule has 0 bridgehead atoms. The molecule has 1 aliphatic rings. The minimum Gasteiger partial charge on any atom is -0.495 e. The first kappa shape index (κ1) is 15.8. The fourth-order valence-electron chi connectivity index (χ4n) is 2.99. The summed E-state index contributed by atoms with van der Waals surface area (Å²) in [4.78, 5) is 13.6. The van der Waals surface area contributed by atoms with Gasteiger partial charge in [-0.05, 0) is 23.8 Å². The van der Waals surface area contributed by atoms with Gasteiger partial charge in [-0.15, -0.1) is 0 Å². The van der Waals surface area contributed by atoms with Crippen molar-refractivity contribution < 1.29 is 14.4 Å². The third-order valence-corrected chi connectivity index (χ3v) is 4.39. The topological polar surface area (TPSA) is 42.8 Å². The van der Waals surface area contributed by atoms with E-state index in [9.17, 15) is 4.79 Å². The van der Waals surface area contributed by atoms with E-state index in [2.05, 4.69) is 29.6 Å². The Labute approximate surface area is 141 Å². The summed E-state index contributed by atoms with van der Waals surface area (Å²) in [7, 11) is 1.58. The van der Waals surface area contributed by atoms with Crippen molar-refractivity contribution in [3.63, 3.8) is 0 Å². The van der Waals surface area contributed by atoms with Crippen LogP contribution in [-0.2, 0) is 17.8 Å². The number of amides is 1. The lowest BCUT2D eigenvalue weighted by Crippen LogP contribution is -3.12. The van der Waals surface area contributed by atoms with Gasteiger partial charge in [-0.25, -0.2) is 0 Å². The highest BCUT2D eigenvalue weighted by Gasteiger charge is 2.21. The molecule has 0 saturated heterocycles. The standard InChI is InChI=1S/C18H19ClN2O2/c1-23-17-7-6-15(19)10-16(17)20-18(22)12-21-9-8-13-4-2-3-5-14(13)11-21/h2-7,10H,8-9,11-12H2,1H3,(H,20,22)/p+1. The van der Waals surface area contributed by atoms with Crippen LogP contribution < -0.4 is 15.0 Å². The summed E-state index contributed by atoms with van der Waals surface area (Å²) in [5.41, 5.74) is 3.34. The molecule has 0 aliphatic carbocycles. The summed E-state index contributed by atoms with van der Waals surface area (Å²) in [6.07, 6.45) is 1.01. The Morgan fingerprint density at radius 3 is 2.83 bits per heavy atom. The molecule has 0 radical (unpaired) electrons. The normalized spacial score (nSPS) is 16.5. The van der Waals surface area contributed by atoms with Gasteiger partial charge in [0.05, 0.1) is 19.3 Å². The third kappa shape index (κ3) is 3.84. The zero-order valence-electron chi connectivity index (χ0n) is 13.1. The van der Waals surface area contributed by atoms with Crippen LogP contribution >= 0.6 is 11.6 Å². The van der Waals surface area contributed by atoms with E-state index in [4.69, 9.17) is 16.3 Å². The van der Waals surface area contributed by atoms with Gasteiger partial charge < -0.3 is 15.0 Å². The van der Waals surface area contributed by atoms with Crippen molar-refractivity contribution in [1.29, 1.82) is 0 Å². The van der Waals surface area contributed by atoms with Crippen LogP contribution in [0.2, 0.25) is 5.02 Å². The van der Waals surface area contributed by atoms with E-state index in [-0.39, 0.29) is 5.91 Å². The fraction of sp³-hybridized carbons (Fsp3) is 0.278. The number of methoxy groups -OCH3 is 1. The van der Waals surface area contributed by atoms with E-state index < -0.39 is 0 Å². The summed E-state index contributed by atoms with van der Waals surface area (Å²) in [5.74, 6) is 0.585. The highest BCUT2D eigenvalue weighted by molar-refractivity contribution is 6.31. The number of quaternary nitrogens is 1. The lowest BCUT2D eigenvalue weighted by molar-refractivity contribution is -0.907. The number of hydrogen-bond acceptors (Lipinski definition) is 2. The van der Waals surface area contributed by atoms with Crippen molar-refractivity contribution in [2.75, 3.05) is 25.5 Å². The fourth-order valence-corrected chi connectivity index (χ4v) is 3.17. The Morgan fingerprint density at radius 1 is 1.26 bits per heavy atom. The minimum atomic E-state index is -0.0278. The number of fused-ring (bicyclic) bond motifs is 1. The van der Waals surface area contributed by atoms with Gasteiger partial charge in [-0.1, -0.05) is 35.9 Å². The van der Waals surface area contributed by atoms with Crippen LogP contribution in [0.5, 0.6) is 5.75 Å². The summed E-state index contributed by atoms with van der Waals surface area (Å²) < 4.78 is 5.26. The van der Waals surface area contributed by atoms with Gasteiger partial charge in [0.2, 0.25) is 0 Å². The van der Waals surface area contributed by atoms with Crippen LogP contribution in [-0.4, -0.2) is 26.1 Å². The van der Waals surface area contributed by atoms with E-state index in [1.165, 1.54) is 16.0 Å². The molecule has 1 unspecified atom stereocenters. The van der Waals surface area contributed by atoms with E-state index in [1.54, 1.807) is 25.3 Å². The summed E-state index contributed by atoms with van der Waals surface area (Å²) in [6, 6.07) is 13.6. The number of halogens is 1. The van der Waals surface area contributed by atoms with E-state index >= 15 is 0 Å². The first-order valence-electron chi connectivity index (χ1n) is 7.69. The molecule has 1 aliphatic heterocycles. The van der Waals surface area contributed by atoms with Crippen LogP contribution in [0, 0.1) is 0 Å². The number of ether oxygens (including phenoxy) is 1. The van der Waals surface area contributed by atoms with Gasteiger partial charge in [-0.3, -0.25) is 4.79 Å². The lowest BCUT2D eigenvalue weighted by atomic mass is 10.00. The van der Waals surface area contributed by atoms with Gasteiger partial charge >= 0.3 is 0 Å².